The molecule has 0 radical (unpaired) electrons. The maximum absolute atomic E-state index is 11.3. The van der Waals surface area contributed by atoms with Gasteiger partial charge in [-0.2, -0.15) is 0 Å². The quantitative estimate of drug-likeness (QED) is 0.644. The average molecular weight is 234 g/mol. The zero-order valence-corrected chi connectivity index (χ0v) is 9.79. The van der Waals surface area contributed by atoms with Crippen LogP contribution in [0.15, 0.2) is 0 Å². The first-order chi connectivity index (χ1) is 7.12. The van der Waals surface area contributed by atoms with Crippen LogP contribution in [0.4, 0.5) is 0 Å². The van der Waals surface area contributed by atoms with E-state index in [2.05, 4.69) is 10.2 Å². The highest BCUT2D eigenvalue weighted by Gasteiger charge is 2.34. The fourth-order valence-electron chi connectivity index (χ4n) is 2.30. The Labute approximate surface area is 90.7 Å². The monoisotopic (exact) mass is 234 g/mol. The number of rotatable bonds is 2. The third-order valence-electron chi connectivity index (χ3n) is 3.28. The molecule has 0 bridgehead atoms. The van der Waals surface area contributed by atoms with Crippen molar-refractivity contribution >= 4 is 9.84 Å². The van der Waals surface area contributed by atoms with Gasteiger partial charge in [-0.25, -0.2) is 8.42 Å². The summed E-state index contributed by atoms with van der Waals surface area (Å²) in [6.07, 6.45) is 0.200. The van der Waals surface area contributed by atoms with Crippen molar-refractivity contribution in [2.75, 3.05) is 44.8 Å². The van der Waals surface area contributed by atoms with Gasteiger partial charge in [-0.1, -0.05) is 0 Å². The van der Waals surface area contributed by atoms with Crippen LogP contribution in [0.25, 0.3) is 0 Å². The third kappa shape index (κ3) is 2.50. The van der Waals surface area contributed by atoms with Gasteiger partial charge < -0.3 is 10.1 Å². The van der Waals surface area contributed by atoms with Gasteiger partial charge in [-0.15, -0.1) is 0 Å². The second kappa shape index (κ2) is 4.37. The lowest BCUT2D eigenvalue weighted by atomic mass is 10.2. The zero-order valence-electron chi connectivity index (χ0n) is 8.98. The summed E-state index contributed by atoms with van der Waals surface area (Å²) in [7, 11) is -1.06. The molecule has 0 aromatic carbocycles. The summed E-state index contributed by atoms with van der Waals surface area (Å²) >= 11 is 0. The summed E-state index contributed by atoms with van der Waals surface area (Å²) in [5.74, 6) is 0.583. The van der Waals surface area contributed by atoms with Crippen LogP contribution in [0, 0.1) is 0 Å². The topological polar surface area (TPSA) is 58.6 Å². The van der Waals surface area contributed by atoms with Gasteiger partial charge >= 0.3 is 0 Å². The first kappa shape index (κ1) is 11.3. The summed E-state index contributed by atoms with van der Waals surface area (Å²) in [4.78, 5) is 2.23. The van der Waals surface area contributed by atoms with Crippen molar-refractivity contribution < 1.29 is 13.2 Å². The van der Waals surface area contributed by atoms with Crippen molar-refractivity contribution in [1.29, 1.82) is 0 Å². The van der Waals surface area contributed by atoms with Gasteiger partial charge in [0.05, 0.1) is 17.6 Å². The van der Waals surface area contributed by atoms with Crippen molar-refractivity contribution in [3.63, 3.8) is 0 Å². The highest BCUT2D eigenvalue weighted by molar-refractivity contribution is 7.91. The van der Waals surface area contributed by atoms with Crippen molar-refractivity contribution in [3.8, 4) is 0 Å². The Morgan fingerprint density at radius 2 is 1.93 bits per heavy atom. The van der Waals surface area contributed by atoms with E-state index in [1.165, 1.54) is 0 Å². The number of ether oxygens (including phenoxy) is 1. The Kier molecular flexibility index (Phi) is 3.30. The third-order valence-corrected chi connectivity index (χ3v) is 4.89. The summed E-state index contributed by atoms with van der Waals surface area (Å²) in [5.41, 5.74) is 0. The molecule has 0 aliphatic carbocycles. The second-order valence-electron chi connectivity index (χ2n) is 4.19. The molecule has 0 spiro atoms. The highest BCUT2D eigenvalue weighted by atomic mass is 32.2. The largest absolute Gasteiger partial charge is 0.378 e. The summed E-state index contributed by atoms with van der Waals surface area (Å²) in [6.45, 7) is 3.06. The summed E-state index contributed by atoms with van der Waals surface area (Å²) in [6, 6.07) is 0.338. The normalized spacial score (nSPS) is 36.9. The predicted molar refractivity (Wildman–Crippen MR) is 57.7 cm³/mol. The molecule has 6 heteroatoms. The van der Waals surface area contributed by atoms with E-state index >= 15 is 0 Å². The molecule has 2 rings (SSSR count). The maximum atomic E-state index is 11.3. The molecule has 2 aliphatic rings. The van der Waals surface area contributed by atoms with Gasteiger partial charge in [-0.05, 0) is 0 Å². The number of nitrogens with zero attached hydrogens (tertiary/aromatic N) is 1. The Balaban J connectivity index is 1.95. The van der Waals surface area contributed by atoms with Crippen LogP contribution in [0.1, 0.15) is 0 Å². The van der Waals surface area contributed by atoms with Crippen molar-refractivity contribution in [3.05, 3.63) is 0 Å². The van der Waals surface area contributed by atoms with E-state index in [9.17, 15) is 8.42 Å². The number of nitrogens with one attached hydrogen (secondary N) is 1. The standard InChI is InChI=1S/C9H18N2O3S/c1-14-9-7-10-6-8(9)11-2-4-15(12,13)5-3-11/h8-10H,2-7H2,1H3. The number of hydrogen-bond acceptors (Lipinski definition) is 5. The molecule has 88 valence electrons. The molecule has 2 fully saturated rings. The molecule has 2 unspecified atom stereocenters. The lowest BCUT2D eigenvalue weighted by Gasteiger charge is -2.34. The van der Waals surface area contributed by atoms with Gasteiger partial charge in [0, 0.05) is 39.3 Å². The Hall–Kier alpha value is -0.170. The van der Waals surface area contributed by atoms with Crippen LogP contribution in [-0.2, 0) is 14.6 Å². The molecule has 15 heavy (non-hydrogen) atoms. The first-order valence-corrected chi connectivity index (χ1v) is 7.12. The molecule has 2 atom stereocenters. The van der Waals surface area contributed by atoms with E-state index in [0.29, 0.717) is 30.6 Å². The summed E-state index contributed by atoms with van der Waals surface area (Å²) in [5, 5.41) is 3.28. The van der Waals surface area contributed by atoms with E-state index < -0.39 is 9.84 Å². The Bertz CT molecular complexity index is 303. The Morgan fingerprint density at radius 3 is 2.53 bits per heavy atom. The SMILES string of the molecule is COC1CNCC1N1CCS(=O)(=O)CC1. The van der Waals surface area contributed by atoms with Crippen molar-refractivity contribution in [1.82, 2.24) is 10.2 Å². The zero-order chi connectivity index (χ0) is 10.9. The van der Waals surface area contributed by atoms with Crippen LogP contribution in [0.2, 0.25) is 0 Å². The minimum absolute atomic E-state index is 0.200. The molecule has 0 amide bonds. The fraction of sp³-hybridized carbons (Fsp3) is 1.00. The van der Waals surface area contributed by atoms with Gasteiger partial charge in [0.1, 0.15) is 0 Å². The number of sulfone groups is 1. The lowest BCUT2D eigenvalue weighted by molar-refractivity contribution is 0.0474. The van der Waals surface area contributed by atoms with Crippen molar-refractivity contribution in [2.45, 2.75) is 12.1 Å². The summed E-state index contributed by atoms with van der Waals surface area (Å²) < 4.78 is 28.0. The minimum Gasteiger partial charge on any atom is -0.378 e. The predicted octanol–water partition coefficient (Wildman–Crippen LogP) is -1.30. The van der Waals surface area contributed by atoms with Gasteiger partial charge in [-0.3, -0.25) is 4.90 Å². The second-order valence-corrected chi connectivity index (χ2v) is 6.49. The molecule has 2 heterocycles. The molecule has 2 saturated heterocycles. The van der Waals surface area contributed by atoms with E-state index in [0.717, 1.165) is 13.1 Å². The van der Waals surface area contributed by atoms with Crippen LogP contribution in [0.3, 0.4) is 0 Å². The molecule has 0 saturated carbocycles. The first-order valence-electron chi connectivity index (χ1n) is 5.30. The average Bonchev–Trinajstić information content (AvgIpc) is 2.65. The van der Waals surface area contributed by atoms with E-state index in [1.807, 2.05) is 0 Å². The molecule has 2 aliphatic heterocycles. The molecule has 5 nitrogen and oxygen atoms in total. The molecule has 0 aromatic heterocycles. The van der Waals surface area contributed by atoms with Gasteiger partial charge in [0.15, 0.2) is 9.84 Å². The molecule has 1 N–H and O–H groups in total. The van der Waals surface area contributed by atoms with Crippen LogP contribution in [0.5, 0.6) is 0 Å². The number of hydrogen-bond donors (Lipinski definition) is 1. The molecular formula is C9H18N2O3S. The minimum atomic E-state index is -2.77. The van der Waals surface area contributed by atoms with Gasteiger partial charge in [0.2, 0.25) is 0 Å². The van der Waals surface area contributed by atoms with E-state index in [-0.39, 0.29) is 6.10 Å². The van der Waals surface area contributed by atoms with E-state index in [1.54, 1.807) is 7.11 Å². The number of methoxy groups -OCH3 is 1. The van der Waals surface area contributed by atoms with Crippen LogP contribution < -0.4 is 5.32 Å². The smallest absolute Gasteiger partial charge is 0.152 e. The molecule has 0 aromatic rings. The van der Waals surface area contributed by atoms with E-state index in [4.69, 9.17) is 4.74 Å². The Morgan fingerprint density at radius 1 is 1.27 bits per heavy atom. The highest BCUT2D eigenvalue weighted by Crippen LogP contribution is 2.15. The van der Waals surface area contributed by atoms with Crippen molar-refractivity contribution in [2.24, 2.45) is 0 Å². The molecular weight excluding hydrogens is 216 g/mol. The maximum Gasteiger partial charge on any atom is 0.152 e. The van der Waals surface area contributed by atoms with Gasteiger partial charge in [0.25, 0.3) is 0 Å². The van der Waals surface area contributed by atoms with Crippen LogP contribution >= 0.6 is 0 Å². The van der Waals surface area contributed by atoms with Crippen LogP contribution in [-0.4, -0.2) is 70.3 Å². The lowest BCUT2D eigenvalue weighted by Crippen LogP contribution is -2.50. The fourth-order valence-corrected chi connectivity index (χ4v) is 3.53.